The van der Waals surface area contributed by atoms with Gasteiger partial charge in [0, 0.05) is 18.4 Å². The van der Waals surface area contributed by atoms with Crippen LogP contribution in [0.25, 0.3) is 0 Å². The van der Waals surface area contributed by atoms with Gasteiger partial charge in [-0.3, -0.25) is 4.79 Å². The third kappa shape index (κ3) is 16.3. The van der Waals surface area contributed by atoms with E-state index in [-0.39, 0.29) is 37.1 Å². The number of methoxy groups -OCH3 is 1. The zero-order valence-electron chi connectivity index (χ0n) is 36.3. The van der Waals surface area contributed by atoms with Crippen LogP contribution in [0.3, 0.4) is 0 Å². The molecule has 1 N–H and O–H groups in total. The maximum absolute atomic E-state index is 14.7. The summed E-state index contributed by atoms with van der Waals surface area (Å²) in [6, 6.07) is 13.2. The van der Waals surface area contributed by atoms with E-state index < -0.39 is 46.7 Å². The fourth-order valence-electron chi connectivity index (χ4n) is 7.24. The molecule has 1 aromatic carbocycles. The van der Waals surface area contributed by atoms with Gasteiger partial charge in [-0.2, -0.15) is 0 Å². The van der Waals surface area contributed by atoms with Gasteiger partial charge in [-0.1, -0.05) is 95.3 Å². The molecule has 0 bridgehead atoms. The summed E-state index contributed by atoms with van der Waals surface area (Å²) in [7, 11) is -2.73. The van der Waals surface area contributed by atoms with Gasteiger partial charge in [0.1, 0.15) is 11.9 Å². The van der Waals surface area contributed by atoms with Gasteiger partial charge in [-0.15, -0.1) is 6.58 Å². The summed E-state index contributed by atoms with van der Waals surface area (Å²) >= 11 is 2.24. The van der Waals surface area contributed by atoms with Gasteiger partial charge in [-0.25, -0.2) is 4.79 Å². The first kappa shape index (κ1) is 51.4. The highest BCUT2D eigenvalue weighted by atomic mass is 127. The molecule has 0 saturated carbocycles. The van der Waals surface area contributed by atoms with E-state index in [1.54, 1.807) is 14.0 Å². The molecule has 0 fully saturated rings. The second-order valence-corrected chi connectivity index (χ2v) is 25.5. The lowest BCUT2D eigenvalue weighted by atomic mass is 9.87. The molecule has 0 aromatic heterocycles. The average molecular weight is 915 g/mol. The molecule has 0 aliphatic rings. The van der Waals surface area contributed by atoms with Crippen LogP contribution in [0.15, 0.2) is 58.2 Å². The molecule has 8 nitrogen and oxygen atoms in total. The van der Waals surface area contributed by atoms with Gasteiger partial charge in [-0.05, 0) is 116 Å². The number of carbonyl (C=O) groups is 2. The van der Waals surface area contributed by atoms with Crippen molar-refractivity contribution in [3.05, 3.63) is 63.8 Å². The van der Waals surface area contributed by atoms with Crippen molar-refractivity contribution < 1.29 is 37.8 Å². The Balaban J connectivity index is 3.63. The van der Waals surface area contributed by atoms with Crippen molar-refractivity contribution in [1.29, 1.82) is 0 Å². The van der Waals surface area contributed by atoms with Crippen LogP contribution in [0.5, 0.6) is 5.75 Å². The Labute approximate surface area is 350 Å². The van der Waals surface area contributed by atoms with Gasteiger partial charge >= 0.3 is 5.97 Å². The van der Waals surface area contributed by atoms with Gasteiger partial charge in [0.2, 0.25) is 0 Å². The smallest absolute Gasteiger partial charge is 0.333 e. The van der Waals surface area contributed by atoms with Crippen LogP contribution >= 0.6 is 22.6 Å². The zero-order chi connectivity index (χ0) is 41.8. The van der Waals surface area contributed by atoms with E-state index >= 15 is 0 Å². The third-order valence-electron chi connectivity index (χ3n) is 11.7. The predicted molar refractivity (Wildman–Crippen MR) is 241 cm³/mol. The van der Waals surface area contributed by atoms with Crippen LogP contribution in [-0.2, 0) is 34.5 Å². The summed E-state index contributed by atoms with van der Waals surface area (Å²) in [5.74, 6) is -0.0437. The Morgan fingerprint density at radius 1 is 0.927 bits per heavy atom. The highest BCUT2D eigenvalue weighted by Gasteiger charge is 2.44. The Bertz CT molecular complexity index is 1340. The second-order valence-electron chi connectivity index (χ2n) is 15.5. The van der Waals surface area contributed by atoms with Gasteiger partial charge in [0.25, 0.3) is 0 Å². The van der Waals surface area contributed by atoms with Crippen LogP contribution in [-0.4, -0.2) is 70.6 Å². The standard InChI is InChI=1S/C44H75IO8Si2/c1-14-21-22-23-33(8)43(48)51-36(11)28-34(9)41(52-54(15-2,16-3)17-4)42(50-32-37-24-26-39(49-13)27-25-37)40(47)29-38(46)30-44(12,35(10)31-45)53-55(18-5,19-6)20-7/h14,23-27,31,34,36,38,41-42,46H,1,15-22,28-30,32H2,2-13H3/b33-23+,35-31+/t34-,36+,38-,41+,42+,44-/m1/s1. The molecular formula is C44H75IO8Si2. The molecule has 314 valence electrons. The molecule has 6 atom stereocenters. The number of allylic oxidation sites excluding steroid dienone is 2. The highest BCUT2D eigenvalue weighted by Crippen LogP contribution is 2.37. The number of aliphatic hydroxyl groups is 1. The van der Waals surface area contributed by atoms with Crippen molar-refractivity contribution in [2.45, 2.75) is 181 Å². The minimum absolute atomic E-state index is 0.107. The summed E-state index contributed by atoms with van der Waals surface area (Å²) in [5.41, 5.74) is 1.77. The molecular weight excluding hydrogens is 840 g/mol. The molecule has 0 amide bonds. The normalized spacial score (nSPS) is 16.8. The average Bonchev–Trinajstić information content (AvgIpc) is 3.18. The Morgan fingerprint density at radius 2 is 1.49 bits per heavy atom. The van der Waals surface area contributed by atoms with Gasteiger partial charge in [0.05, 0.1) is 37.6 Å². The molecule has 0 aliphatic heterocycles. The number of Topliss-reactive ketones (excluding diaryl/α,β-unsaturated/α-hetero) is 1. The van der Waals surface area contributed by atoms with Crippen LogP contribution in [0.4, 0.5) is 0 Å². The van der Waals surface area contributed by atoms with E-state index in [0.717, 1.165) is 66.0 Å². The summed E-state index contributed by atoms with van der Waals surface area (Å²) in [6.45, 7) is 26.9. The molecule has 0 saturated heterocycles. The number of esters is 1. The van der Waals surface area contributed by atoms with Crippen molar-refractivity contribution in [3.63, 3.8) is 0 Å². The van der Waals surface area contributed by atoms with E-state index in [9.17, 15) is 14.7 Å². The zero-order valence-corrected chi connectivity index (χ0v) is 40.5. The lowest BCUT2D eigenvalue weighted by molar-refractivity contribution is -0.149. The monoisotopic (exact) mass is 914 g/mol. The maximum atomic E-state index is 14.7. The lowest BCUT2D eigenvalue weighted by Gasteiger charge is -2.42. The Morgan fingerprint density at radius 3 is 1.98 bits per heavy atom. The first-order chi connectivity index (χ1) is 26.0. The number of ketones is 1. The van der Waals surface area contributed by atoms with Crippen molar-refractivity contribution in [2.24, 2.45) is 5.92 Å². The number of rotatable bonds is 29. The molecule has 0 aliphatic carbocycles. The van der Waals surface area contributed by atoms with E-state index in [4.69, 9.17) is 23.1 Å². The quantitative estimate of drug-likeness (QED) is 0.0212. The minimum atomic E-state index is -2.29. The van der Waals surface area contributed by atoms with Crippen molar-refractivity contribution in [1.82, 2.24) is 0 Å². The topological polar surface area (TPSA) is 101 Å². The number of halogens is 1. The SMILES string of the molecule is C=CCC/C=C(\C)C(=O)O[C@@H](C)C[C@@H](C)[C@H](O[Si](CC)(CC)CC)[C@@H](OCc1ccc(OC)cc1)C(=O)C[C@@H](O)C[C@@](C)(O[Si](CC)(CC)CC)/C(C)=C/I. The largest absolute Gasteiger partial charge is 0.497 e. The maximum Gasteiger partial charge on any atom is 0.333 e. The van der Waals surface area contributed by atoms with Crippen molar-refractivity contribution >= 4 is 51.0 Å². The molecule has 0 heterocycles. The number of aliphatic hydroxyl groups excluding tert-OH is 1. The van der Waals surface area contributed by atoms with E-state index in [1.807, 2.05) is 54.3 Å². The Hall–Kier alpha value is -1.62. The number of ether oxygens (including phenoxy) is 3. The molecule has 55 heavy (non-hydrogen) atoms. The number of benzene rings is 1. The first-order valence-electron chi connectivity index (χ1n) is 20.6. The Kier molecular flexibility index (Phi) is 24.0. The molecule has 0 radical (unpaired) electrons. The lowest BCUT2D eigenvalue weighted by Crippen LogP contribution is -2.51. The van der Waals surface area contributed by atoms with Crippen LogP contribution in [0, 0.1) is 5.92 Å². The van der Waals surface area contributed by atoms with Crippen LogP contribution in [0.1, 0.15) is 114 Å². The summed E-state index contributed by atoms with van der Waals surface area (Å²) in [6.07, 6.45) is 2.89. The van der Waals surface area contributed by atoms with Gasteiger partial charge in [0.15, 0.2) is 22.4 Å². The van der Waals surface area contributed by atoms with Crippen LogP contribution < -0.4 is 4.74 Å². The second kappa shape index (κ2) is 25.7. The fraction of sp³-hybridized carbons (Fsp3) is 0.682. The molecule has 0 unspecified atom stereocenters. The summed E-state index contributed by atoms with van der Waals surface area (Å²) in [5, 5.41) is 11.8. The minimum Gasteiger partial charge on any atom is -0.497 e. The van der Waals surface area contributed by atoms with Gasteiger partial charge < -0.3 is 28.2 Å². The van der Waals surface area contributed by atoms with Crippen molar-refractivity contribution in [3.8, 4) is 5.75 Å². The number of carbonyl (C=O) groups excluding carboxylic acids is 2. The molecule has 11 heteroatoms. The van der Waals surface area contributed by atoms with E-state index in [2.05, 4.69) is 84.6 Å². The predicted octanol–water partition coefficient (Wildman–Crippen LogP) is 11.7. The van der Waals surface area contributed by atoms with Crippen molar-refractivity contribution in [2.75, 3.05) is 7.11 Å². The molecule has 1 rings (SSSR count). The highest BCUT2D eigenvalue weighted by molar-refractivity contribution is 14.1. The van der Waals surface area contributed by atoms with E-state index in [1.165, 1.54) is 0 Å². The molecule has 1 aromatic rings. The number of hydrogen-bond donors (Lipinski definition) is 1. The number of hydrogen-bond acceptors (Lipinski definition) is 8. The first-order valence-corrected chi connectivity index (χ1v) is 26.9. The summed E-state index contributed by atoms with van der Waals surface area (Å²) in [4.78, 5) is 27.7. The number of unbranched alkanes of at least 4 members (excludes halogenated alkanes) is 1. The third-order valence-corrected chi connectivity index (χ3v) is 22.0. The summed E-state index contributed by atoms with van der Waals surface area (Å²) < 4.78 is 34.2. The van der Waals surface area contributed by atoms with E-state index in [0.29, 0.717) is 12.0 Å². The van der Waals surface area contributed by atoms with Crippen LogP contribution in [0.2, 0.25) is 36.3 Å². The fourth-order valence-corrected chi connectivity index (χ4v) is 14.0. The molecule has 0 spiro atoms.